The lowest BCUT2D eigenvalue weighted by Crippen LogP contribution is -2.40. The lowest BCUT2D eigenvalue weighted by atomic mass is 9.97. The van der Waals surface area contributed by atoms with Crippen molar-refractivity contribution in [1.82, 2.24) is 14.8 Å². The van der Waals surface area contributed by atoms with Gasteiger partial charge in [-0.3, -0.25) is 9.52 Å². The number of nitriles is 1. The highest BCUT2D eigenvalue weighted by Gasteiger charge is 2.58. The van der Waals surface area contributed by atoms with Gasteiger partial charge in [0.1, 0.15) is 18.3 Å². The summed E-state index contributed by atoms with van der Waals surface area (Å²) in [6.07, 6.45) is -0.0171. The zero-order chi connectivity index (χ0) is 23.9. The average Bonchev–Trinajstić information content (AvgIpc) is 3.48. The van der Waals surface area contributed by atoms with E-state index in [4.69, 9.17) is 10.7 Å². The molecule has 0 aliphatic heterocycles. The van der Waals surface area contributed by atoms with Crippen molar-refractivity contribution in [2.75, 3.05) is 6.73 Å². The van der Waals surface area contributed by atoms with Gasteiger partial charge in [0.2, 0.25) is 6.73 Å². The first-order valence-electron chi connectivity index (χ1n) is 9.80. The van der Waals surface area contributed by atoms with E-state index >= 15 is 0 Å². The first kappa shape index (κ1) is 22.8. The molecule has 2 aromatic heterocycles. The number of halogens is 5. The molecule has 0 spiro atoms. The summed E-state index contributed by atoms with van der Waals surface area (Å²) in [5.41, 5.74) is 1.30. The number of fused-ring (bicyclic) bond motifs is 1. The topological polar surface area (TPSA) is 92.8 Å². The summed E-state index contributed by atoms with van der Waals surface area (Å²) in [5, 5.41) is 13.3. The van der Waals surface area contributed by atoms with Crippen LogP contribution in [0.4, 0.5) is 27.8 Å². The molecule has 1 saturated carbocycles. The van der Waals surface area contributed by atoms with E-state index in [0.717, 1.165) is 30.2 Å². The summed E-state index contributed by atoms with van der Waals surface area (Å²) in [5.74, 6) is 0.602. The molecular weight excluding hydrogens is 447 g/mol. The summed E-state index contributed by atoms with van der Waals surface area (Å²) in [7, 11) is 0. The van der Waals surface area contributed by atoms with Gasteiger partial charge in [0.25, 0.3) is 0 Å². The predicted molar refractivity (Wildman–Crippen MR) is 107 cm³/mol. The van der Waals surface area contributed by atoms with Gasteiger partial charge in [-0.25, -0.2) is 10.5 Å². The fraction of sp³-hybridized carbons (Fsp3) is 0.333. The standard InChI is InChI=1S/C21H18F5N6O/c22-20(23,21(24,25)26)12-32-17-9-29-18(7-15(17)8-30-32)31(13-33-28)10-14-1-3-16(4-2-14)19(11-27)5-6-19/h1-4,7-10H,5-6,12-13,28H2/q+1/b31-10+. The molecule has 4 rings (SSSR count). The molecule has 172 valence electrons. The second-order valence-electron chi connectivity index (χ2n) is 7.82. The highest BCUT2D eigenvalue weighted by Crippen LogP contribution is 2.47. The molecule has 1 fully saturated rings. The van der Waals surface area contributed by atoms with Crippen molar-refractivity contribution >= 4 is 22.9 Å². The Hall–Kier alpha value is -3.43. The van der Waals surface area contributed by atoms with Gasteiger partial charge in [-0.15, -0.1) is 0 Å². The Morgan fingerprint density at radius 1 is 1.18 bits per heavy atom. The van der Waals surface area contributed by atoms with Gasteiger partial charge in [-0.1, -0.05) is 24.3 Å². The maximum Gasteiger partial charge on any atom is 0.455 e. The fourth-order valence-corrected chi connectivity index (χ4v) is 3.43. The lowest BCUT2D eigenvalue weighted by molar-refractivity contribution is -0.491. The minimum Gasteiger partial charge on any atom is -0.260 e. The Labute approximate surface area is 184 Å². The second-order valence-corrected chi connectivity index (χ2v) is 7.82. The highest BCUT2D eigenvalue weighted by molar-refractivity contribution is 5.80. The minimum atomic E-state index is -5.69. The number of nitrogens with zero attached hydrogens (tertiary/aromatic N) is 5. The molecule has 1 aliphatic carbocycles. The number of hydrogen-bond acceptors (Lipinski definition) is 5. The van der Waals surface area contributed by atoms with Gasteiger partial charge in [-0.2, -0.15) is 32.3 Å². The number of rotatable bonds is 7. The fourth-order valence-electron chi connectivity index (χ4n) is 3.43. The molecule has 0 saturated heterocycles. The zero-order valence-corrected chi connectivity index (χ0v) is 17.1. The van der Waals surface area contributed by atoms with Crippen LogP contribution in [0.25, 0.3) is 10.9 Å². The maximum absolute atomic E-state index is 13.4. The van der Waals surface area contributed by atoms with Crippen LogP contribution in [0.5, 0.6) is 0 Å². The van der Waals surface area contributed by atoms with Crippen molar-refractivity contribution in [1.29, 1.82) is 5.26 Å². The van der Waals surface area contributed by atoms with Crippen LogP contribution in [0.2, 0.25) is 0 Å². The second kappa shape index (κ2) is 8.17. The highest BCUT2D eigenvalue weighted by atomic mass is 19.4. The molecule has 1 aliphatic rings. The van der Waals surface area contributed by atoms with Gasteiger partial charge in [0.15, 0.2) is 6.20 Å². The van der Waals surface area contributed by atoms with Crippen molar-refractivity contribution in [2.24, 2.45) is 5.90 Å². The molecule has 0 radical (unpaired) electrons. The largest absolute Gasteiger partial charge is 0.455 e. The molecule has 1 aromatic carbocycles. The van der Waals surface area contributed by atoms with E-state index in [9.17, 15) is 27.2 Å². The van der Waals surface area contributed by atoms with E-state index in [1.807, 2.05) is 24.3 Å². The lowest BCUT2D eigenvalue weighted by Gasteiger charge is -2.19. The zero-order valence-electron chi connectivity index (χ0n) is 17.1. The molecule has 33 heavy (non-hydrogen) atoms. The van der Waals surface area contributed by atoms with E-state index in [-0.39, 0.29) is 12.2 Å². The van der Waals surface area contributed by atoms with Crippen LogP contribution >= 0.6 is 0 Å². The Morgan fingerprint density at radius 2 is 1.88 bits per heavy atom. The van der Waals surface area contributed by atoms with E-state index in [2.05, 4.69) is 16.2 Å². The Bertz CT molecular complexity index is 1240. The van der Waals surface area contributed by atoms with Crippen molar-refractivity contribution in [2.45, 2.75) is 36.9 Å². The maximum atomic E-state index is 13.4. The Kier molecular flexibility index (Phi) is 5.63. The van der Waals surface area contributed by atoms with Gasteiger partial charge in [-0.05, 0) is 23.4 Å². The van der Waals surface area contributed by atoms with E-state index in [1.165, 1.54) is 16.8 Å². The number of nitrogens with two attached hydrogens (primary N) is 1. The molecule has 7 nitrogen and oxygen atoms in total. The van der Waals surface area contributed by atoms with Gasteiger partial charge in [0.05, 0.1) is 17.7 Å². The number of pyridine rings is 1. The van der Waals surface area contributed by atoms with Crippen molar-refractivity contribution < 1.29 is 31.4 Å². The minimum absolute atomic E-state index is 0.0203. The first-order chi connectivity index (χ1) is 15.6. The number of alkyl halides is 5. The Balaban J connectivity index is 1.62. The summed E-state index contributed by atoms with van der Waals surface area (Å²) < 4.78 is 66.6. The third-order valence-electron chi connectivity index (χ3n) is 5.52. The Morgan fingerprint density at radius 3 is 2.45 bits per heavy atom. The van der Waals surface area contributed by atoms with Crippen molar-refractivity contribution in [3.05, 3.63) is 53.9 Å². The molecule has 2 N–H and O–H groups in total. The average molecular weight is 465 g/mol. The van der Waals surface area contributed by atoms with Crippen LogP contribution in [-0.2, 0) is 16.8 Å². The number of aromatic nitrogens is 3. The molecule has 2 heterocycles. The molecule has 0 bridgehead atoms. The summed E-state index contributed by atoms with van der Waals surface area (Å²) in [6, 6.07) is 11.2. The molecule has 0 atom stereocenters. The van der Waals surface area contributed by atoms with Crippen molar-refractivity contribution in [3.63, 3.8) is 0 Å². The number of benzene rings is 1. The van der Waals surface area contributed by atoms with Crippen LogP contribution in [0, 0.1) is 11.3 Å². The number of hydrogen-bond donors (Lipinski definition) is 1. The van der Waals surface area contributed by atoms with Crippen molar-refractivity contribution in [3.8, 4) is 6.07 Å². The van der Waals surface area contributed by atoms with E-state index < -0.39 is 24.1 Å². The van der Waals surface area contributed by atoms with Crippen LogP contribution in [0.1, 0.15) is 24.0 Å². The van der Waals surface area contributed by atoms with Crippen LogP contribution < -0.4 is 5.90 Å². The smallest absolute Gasteiger partial charge is 0.260 e. The molecule has 0 amide bonds. The molecule has 3 aromatic rings. The van der Waals surface area contributed by atoms with Gasteiger partial charge < -0.3 is 0 Å². The van der Waals surface area contributed by atoms with Gasteiger partial charge >= 0.3 is 17.9 Å². The summed E-state index contributed by atoms with van der Waals surface area (Å²) in [6.45, 7) is -1.76. The molecular formula is C21H18F5N6O+. The summed E-state index contributed by atoms with van der Waals surface area (Å²) in [4.78, 5) is 8.88. The quantitative estimate of drug-likeness (QED) is 0.188. The normalized spacial score (nSPS) is 16.1. The van der Waals surface area contributed by atoms with Crippen LogP contribution in [-0.4, -0.2) is 44.4 Å². The first-order valence-corrected chi connectivity index (χ1v) is 9.80. The van der Waals surface area contributed by atoms with E-state index in [0.29, 0.717) is 15.9 Å². The monoisotopic (exact) mass is 465 g/mol. The van der Waals surface area contributed by atoms with E-state index in [1.54, 1.807) is 6.21 Å². The molecule has 12 heteroatoms. The third kappa shape index (κ3) is 4.42. The van der Waals surface area contributed by atoms with Gasteiger partial charge in [0, 0.05) is 17.0 Å². The van der Waals surface area contributed by atoms with Crippen LogP contribution in [0.15, 0.2) is 42.7 Å². The SMILES string of the molecule is N#CC1(c2ccc(/C=[N+](\CON)c3cc4cnn(CC(F)(F)C(F)(F)F)c4cn3)cc2)CC1. The summed E-state index contributed by atoms with van der Waals surface area (Å²) >= 11 is 0. The predicted octanol–water partition coefficient (Wildman–Crippen LogP) is 3.79. The molecule has 0 unspecified atom stereocenters. The van der Waals surface area contributed by atoms with Crippen LogP contribution in [0.3, 0.4) is 0 Å². The third-order valence-corrected chi connectivity index (χ3v) is 5.52.